The highest BCUT2D eigenvalue weighted by molar-refractivity contribution is 4.99. The summed E-state index contributed by atoms with van der Waals surface area (Å²) in [5.74, 6) is 0.750. The lowest BCUT2D eigenvalue weighted by molar-refractivity contribution is -0.00207. The van der Waals surface area contributed by atoms with E-state index in [0.717, 1.165) is 30.6 Å². The average Bonchev–Trinajstić information content (AvgIpc) is 2.84. The van der Waals surface area contributed by atoms with Crippen LogP contribution in [0.3, 0.4) is 0 Å². The van der Waals surface area contributed by atoms with Crippen molar-refractivity contribution in [2.45, 2.75) is 77.0 Å². The van der Waals surface area contributed by atoms with Gasteiger partial charge in [-0.05, 0) is 58.5 Å². The molecule has 3 fully saturated rings. The van der Waals surface area contributed by atoms with Crippen molar-refractivity contribution in [1.29, 1.82) is 0 Å². The first-order chi connectivity index (χ1) is 9.46. The minimum absolute atomic E-state index is 0.276. The zero-order chi connectivity index (χ0) is 14.3. The van der Waals surface area contributed by atoms with Gasteiger partial charge in [-0.25, -0.2) is 0 Å². The van der Waals surface area contributed by atoms with Crippen LogP contribution in [0, 0.1) is 5.92 Å². The molecular weight excluding hydrogens is 246 g/mol. The summed E-state index contributed by atoms with van der Waals surface area (Å²) in [6.07, 6.45) is 5.67. The Morgan fingerprint density at radius 1 is 1.10 bits per heavy atom. The molecular formula is C17H33N3. The summed E-state index contributed by atoms with van der Waals surface area (Å²) >= 11 is 0. The van der Waals surface area contributed by atoms with Crippen LogP contribution in [0.15, 0.2) is 0 Å². The second-order valence-corrected chi connectivity index (χ2v) is 8.26. The Labute approximate surface area is 125 Å². The van der Waals surface area contributed by atoms with Gasteiger partial charge in [-0.1, -0.05) is 13.8 Å². The molecule has 3 rings (SSSR count). The first kappa shape index (κ1) is 14.8. The van der Waals surface area contributed by atoms with Gasteiger partial charge in [0, 0.05) is 36.8 Å². The standard InChI is InChI=1S/C17H33N3/c1-13(2)16-11-18-17(3,4)12-20(16)15-7-9-19-8-5-6-14(19)10-15/h13-16,18H,5-12H2,1-4H3. The van der Waals surface area contributed by atoms with E-state index in [0.29, 0.717) is 0 Å². The molecule has 3 aliphatic rings. The van der Waals surface area contributed by atoms with Crippen LogP contribution in [-0.4, -0.2) is 59.6 Å². The number of nitrogens with one attached hydrogen (secondary N) is 1. The van der Waals surface area contributed by atoms with Gasteiger partial charge in [0.05, 0.1) is 0 Å². The Kier molecular flexibility index (Phi) is 4.13. The number of piperidine rings is 1. The fourth-order valence-corrected chi connectivity index (χ4v) is 4.65. The van der Waals surface area contributed by atoms with Gasteiger partial charge in [0.1, 0.15) is 0 Å². The molecule has 3 saturated heterocycles. The summed E-state index contributed by atoms with van der Waals surface area (Å²) in [6.45, 7) is 14.6. The van der Waals surface area contributed by atoms with Crippen molar-refractivity contribution in [3.05, 3.63) is 0 Å². The summed E-state index contributed by atoms with van der Waals surface area (Å²) in [4.78, 5) is 5.62. The van der Waals surface area contributed by atoms with E-state index in [1.54, 1.807) is 0 Å². The van der Waals surface area contributed by atoms with E-state index in [4.69, 9.17) is 0 Å². The van der Waals surface area contributed by atoms with Gasteiger partial charge in [-0.3, -0.25) is 4.90 Å². The van der Waals surface area contributed by atoms with Crippen molar-refractivity contribution >= 4 is 0 Å². The highest BCUT2D eigenvalue weighted by Gasteiger charge is 2.41. The molecule has 0 bridgehead atoms. The molecule has 0 amide bonds. The van der Waals surface area contributed by atoms with Crippen molar-refractivity contribution in [2.24, 2.45) is 5.92 Å². The maximum atomic E-state index is 3.75. The fourth-order valence-electron chi connectivity index (χ4n) is 4.65. The Hall–Kier alpha value is -0.120. The Balaban J connectivity index is 1.71. The topological polar surface area (TPSA) is 18.5 Å². The SMILES string of the molecule is CC(C)C1CNC(C)(C)CN1C1CCN2CCCC2C1. The van der Waals surface area contributed by atoms with E-state index >= 15 is 0 Å². The van der Waals surface area contributed by atoms with Crippen LogP contribution in [0.25, 0.3) is 0 Å². The predicted molar refractivity (Wildman–Crippen MR) is 85.0 cm³/mol. The first-order valence-electron chi connectivity index (χ1n) is 8.71. The second kappa shape index (κ2) is 5.58. The summed E-state index contributed by atoms with van der Waals surface area (Å²) in [6, 6.07) is 2.43. The van der Waals surface area contributed by atoms with Crippen molar-refractivity contribution in [3.63, 3.8) is 0 Å². The van der Waals surface area contributed by atoms with Crippen molar-refractivity contribution < 1.29 is 0 Å². The lowest BCUT2D eigenvalue weighted by Crippen LogP contribution is -2.66. The monoisotopic (exact) mass is 279 g/mol. The lowest BCUT2D eigenvalue weighted by Gasteiger charge is -2.52. The van der Waals surface area contributed by atoms with E-state index in [1.165, 1.54) is 45.3 Å². The number of nitrogens with zero attached hydrogens (tertiary/aromatic N) is 2. The molecule has 0 aromatic carbocycles. The van der Waals surface area contributed by atoms with Crippen LogP contribution >= 0.6 is 0 Å². The van der Waals surface area contributed by atoms with Crippen LogP contribution in [0.4, 0.5) is 0 Å². The first-order valence-corrected chi connectivity index (χ1v) is 8.71. The quantitative estimate of drug-likeness (QED) is 0.837. The van der Waals surface area contributed by atoms with Gasteiger partial charge in [0.15, 0.2) is 0 Å². The highest BCUT2D eigenvalue weighted by Crippen LogP contribution is 2.33. The molecule has 3 nitrogen and oxygen atoms in total. The van der Waals surface area contributed by atoms with Crippen LogP contribution in [0.1, 0.15) is 53.4 Å². The number of hydrogen-bond acceptors (Lipinski definition) is 3. The van der Waals surface area contributed by atoms with E-state index in [1.807, 2.05) is 0 Å². The van der Waals surface area contributed by atoms with Gasteiger partial charge in [-0.2, -0.15) is 0 Å². The van der Waals surface area contributed by atoms with Crippen LogP contribution in [0.5, 0.6) is 0 Å². The molecule has 0 spiro atoms. The summed E-state index contributed by atoms with van der Waals surface area (Å²) < 4.78 is 0. The Bertz CT molecular complexity index is 339. The number of fused-ring (bicyclic) bond motifs is 1. The zero-order valence-electron chi connectivity index (χ0n) is 13.9. The third-order valence-electron chi connectivity index (χ3n) is 5.82. The molecule has 1 N–H and O–H groups in total. The molecule has 0 radical (unpaired) electrons. The molecule has 3 heteroatoms. The molecule has 0 aromatic rings. The molecule has 116 valence electrons. The van der Waals surface area contributed by atoms with Crippen LogP contribution in [0.2, 0.25) is 0 Å². The van der Waals surface area contributed by atoms with Crippen molar-refractivity contribution in [3.8, 4) is 0 Å². The summed E-state index contributed by atoms with van der Waals surface area (Å²) in [5, 5.41) is 3.75. The summed E-state index contributed by atoms with van der Waals surface area (Å²) in [7, 11) is 0. The lowest BCUT2D eigenvalue weighted by atomic mass is 9.87. The smallest absolute Gasteiger partial charge is 0.0253 e. The summed E-state index contributed by atoms with van der Waals surface area (Å²) in [5.41, 5.74) is 0.276. The largest absolute Gasteiger partial charge is 0.309 e. The number of hydrogen-bond donors (Lipinski definition) is 1. The van der Waals surface area contributed by atoms with Crippen molar-refractivity contribution in [2.75, 3.05) is 26.2 Å². The third-order valence-corrected chi connectivity index (χ3v) is 5.82. The van der Waals surface area contributed by atoms with Gasteiger partial charge in [0.25, 0.3) is 0 Å². The Morgan fingerprint density at radius 2 is 1.90 bits per heavy atom. The number of rotatable bonds is 2. The van der Waals surface area contributed by atoms with E-state index in [-0.39, 0.29) is 5.54 Å². The van der Waals surface area contributed by atoms with E-state index in [9.17, 15) is 0 Å². The fraction of sp³-hybridized carbons (Fsp3) is 1.00. The maximum absolute atomic E-state index is 3.75. The molecule has 3 aliphatic heterocycles. The number of piperazine rings is 1. The minimum Gasteiger partial charge on any atom is -0.309 e. The second-order valence-electron chi connectivity index (χ2n) is 8.26. The molecule has 20 heavy (non-hydrogen) atoms. The van der Waals surface area contributed by atoms with Crippen LogP contribution in [-0.2, 0) is 0 Å². The highest BCUT2D eigenvalue weighted by atomic mass is 15.3. The third kappa shape index (κ3) is 2.90. The van der Waals surface area contributed by atoms with Gasteiger partial charge >= 0.3 is 0 Å². The maximum Gasteiger partial charge on any atom is 0.0253 e. The Morgan fingerprint density at radius 3 is 2.65 bits per heavy atom. The normalized spacial score (nSPS) is 39.1. The molecule has 0 aliphatic carbocycles. The van der Waals surface area contributed by atoms with Gasteiger partial charge < -0.3 is 10.2 Å². The van der Waals surface area contributed by atoms with Gasteiger partial charge in [0.2, 0.25) is 0 Å². The molecule has 0 aromatic heterocycles. The zero-order valence-corrected chi connectivity index (χ0v) is 13.9. The van der Waals surface area contributed by atoms with Crippen LogP contribution < -0.4 is 5.32 Å². The van der Waals surface area contributed by atoms with Crippen molar-refractivity contribution in [1.82, 2.24) is 15.1 Å². The average molecular weight is 279 g/mol. The van der Waals surface area contributed by atoms with Gasteiger partial charge in [-0.15, -0.1) is 0 Å². The molecule has 0 saturated carbocycles. The molecule has 3 unspecified atom stereocenters. The molecule has 3 atom stereocenters. The molecule has 3 heterocycles. The minimum atomic E-state index is 0.276. The van der Waals surface area contributed by atoms with E-state index < -0.39 is 0 Å². The predicted octanol–water partition coefficient (Wildman–Crippen LogP) is 2.32. The van der Waals surface area contributed by atoms with E-state index in [2.05, 4.69) is 42.8 Å².